The minimum Gasteiger partial charge on any atom is -0.508 e. The first-order valence-electron chi connectivity index (χ1n) is 8.28. The fourth-order valence-electron chi connectivity index (χ4n) is 2.45. The lowest BCUT2D eigenvalue weighted by molar-refractivity contribution is -0.384. The molecule has 0 radical (unpaired) electrons. The summed E-state index contributed by atoms with van der Waals surface area (Å²) in [4.78, 5) is 34.6. The van der Waals surface area contributed by atoms with E-state index in [2.05, 4.69) is 5.32 Å². The maximum Gasteiger partial charge on any atom is 0.338 e. The van der Waals surface area contributed by atoms with Gasteiger partial charge in [-0.05, 0) is 24.3 Å². The van der Waals surface area contributed by atoms with Gasteiger partial charge in [0.15, 0.2) is 18.1 Å². The van der Waals surface area contributed by atoms with Gasteiger partial charge in [-0.25, -0.2) is 4.79 Å². The van der Waals surface area contributed by atoms with Gasteiger partial charge in [0.25, 0.3) is 11.6 Å². The van der Waals surface area contributed by atoms with Gasteiger partial charge >= 0.3 is 5.97 Å². The smallest absolute Gasteiger partial charge is 0.338 e. The fourth-order valence-corrected chi connectivity index (χ4v) is 2.45. The van der Waals surface area contributed by atoms with Crippen molar-refractivity contribution in [3.63, 3.8) is 0 Å². The first-order valence-corrected chi connectivity index (χ1v) is 8.28. The molecule has 28 heavy (non-hydrogen) atoms. The van der Waals surface area contributed by atoms with Gasteiger partial charge in [0.2, 0.25) is 0 Å². The number of phenols is 1. The summed E-state index contributed by atoms with van der Waals surface area (Å²) in [7, 11) is 0. The second-order valence-corrected chi connectivity index (χ2v) is 5.79. The van der Waals surface area contributed by atoms with E-state index < -0.39 is 23.4 Å². The molecule has 0 spiro atoms. The lowest BCUT2D eigenvalue weighted by Gasteiger charge is -2.11. The molecule has 2 aromatic rings. The van der Waals surface area contributed by atoms with Gasteiger partial charge in [-0.2, -0.15) is 0 Å². The molecule has 0 aliphatic carbocycles. The number of benzene rings is 2. The van der Waals surface area contributed by atoms with Crippen LogP contribution in [-0.2, 0) is 9.53 Å². The standard InChI is InChI=1S/C18H16N2O8/c21-12-4-2-11(3-5-12)18(23)28-10-17(22)19-13-8-15-16(9-14(13)20(24)25)27-7-1-6-26-15/h2-5,8-9,21H,1,6-7,10H2,(H,19,22). The van der Waals surface area contributed by atoms with Gasteiger partial charge in [0, 0.05) is 12.5 Å². The van der Waals surface area contributed by atoms with Crippen molar-refractivity contribution in [2.45, 2.75) is 6.42 Å². The number of carbonyl (C=O) groups excluding carboxylic acids is 2. The molecule has 1 heterocycles. The van der Waals surface area contributed by atoms with E-state index in [4.69, 9.17) is 14.2 Å². The van der Waals surface area contributed by atoms with Crippen LogP contribution in [0.3, 0.4) is 0 Å². The third kappa shape index (κ3) is 4.47. The molecule has 1 aliphatic heterocycles. The van der Waals surface area contributed by atoms with E-state index in [0.29, 0.717) is 19.6 Å². The zero-order chi connectivity index (χ0) is 20.1. The lowest BCUT2D eigenvalue weighted by atomic mass is 10.2. The number of aromatic hydroxyl groups is 1. The molecular formula is C18H16N2O8. The average molecular weight is 388 g/mol. The number of hydrogen-bond acceptors (Lipinski definition) is 8. The Labute approximate surface area is 158 Å². The van der Waals surface area contributed by atoms with Crippen LogP contribution in [-0.4, -0.2) is 41.7 Å². The Kier molecular flexibility index (Phi) is 5.58. The van der Waals surface area contributed by atoms with E-state index in [0.717, 1.165) is 0 Å². The number of fused-ring (bicyclic) bond motifs is 1. The Morgan fingerprint density at radius 3 is 2.43 bits per heavy atom. The molecule has 0 fully saturated rings. The summed E-state index contributed by atoms with van der Waals surface area (Å²) in [6.07, 6.45) is 0.622. The van der Waals surface area contributed by atoms with Gasteiger partial charge < -0.3 is 24.6 Å². The fraction of sp³-hybridized carbons (Fsp3) is 0.222. The minimum atomic E-state index is -0.775. The number of nitrogens with one attached hydrogen (secondary N) is 1. The zero-order valence-electron chi connectivity index (χ0n) is 14.5. The summed E-state index contributed by atoms with van der Waals surface area (Å²) >= 11 is 0. The number of nitro benzene ring substituents is 1. The lowest BCUT2D eigenvalue weighted by Crippen LogP contribution is -2.21. The summed E-state index contributed by atoms with van der Waals surface area (Å²) in [6.45, 7) is 0.0941. The predicted molar refractivity (Wildman–Crippen MR) is 95.7 cm³/mol. The van der Waals surface area contributed by atoms with Crippen molar-refractivity contribution in [3.8, 4) is 17.2 Å². The van der Waals surface area contributed by atoms with Crippen LogP contribution < -0.4 is 14.8 Å². The Morgan fingerprint density at radius 1 is 1.14 bits per heavy atom. The van der Waals surface area contributed by atoms with Crippen LogP contribution in [0.15, 0.2) is 36.4 Å². The number of nitro groups is 1. The number of esters is 1. The third-order valence-corrected chi connectivity index (χ3v) is 3.77. The van der Waals surface area contributed by atoms with Crippen molar-refractivity contribution < 1.29 is 33.8 Å². The molecule has 0 atom stereocenters. The van der Waals surface area contributed by atoms with Crippen molar-refractivity contribution in [1.82, 2.24) is 0 Å². The van der Waals surface area contributed by atoms with E-state index in [1.54, 1.807) is 0 Å². The van der Waals surface area contributed by atoms with Crippen molar-refractivity contribution in [3.05, 3.63) is 52.1 Å². The molecule has 0 saturated heterocycles. The second kappa shape index (κ2) is 8.25. The number of carbonyl (C=O) groups is 2. The number of rotatable bonds is 5. The number of ether oxygens (including phenoxy) is 3. The van der Waals surface area contributed by atoms with Gasteiger partial charge in [-0.15, -0.1) is 0 Å². The quantitative estimate of drug-likeness (QED) is 0.452. The molecular weight excluding hydrogens is 372 g/mol. The van der Waals surface area contributed by atoms with Gasteiger partial charge in [-0.1, -0.05) is 0 Å². The molecule has 1 aliphatic rings. The van der Waals surface area contributed by atoms with Crippen LogP contribution in [0.4, 0.5) is 11.4 Å². The SMILES string of the molecule is O=C(COC(=O)c1ccc(O)cc1)Nc1cc2c(cc1[N+](=O)[O-])OCCCO2. The van der Waals surface area contributed by atoms with E-state index in [9.17, 15) is 24.8 Å². The molecule has 0 bridgehead atoms. The largest absolute Gasteiger partial charge is 0.508 e. The van der Waals surface area contributed by atoms with Crippen molar-refractivity contribution in [2.75, 3.05) is 25.1 Å². The van der Waals surface area contributed by atoms with E-state index in [-0.39, 0.29) is 34.2 Å². The van der Waals surface area contributed by atoms with Crippen molar-refractivity contribution in [2.24, 2.45) is 0 Å². The Balaban J connectivity index is 1.69. The monoisotopic (exact) mass is 388 g/mol. The summed E-state index contributed by atoms with van der Waals surface area (Å²) in [5.74, 6) is -1.05. The van der Waals surface area contributed by atoms with E-state index in [1.807, 2.05) is 0 Å². The molecule has 0 aromatic heterocycles. The number of amides is 1. The van der Waals surface area contributed by atoms with Crippen molar-refractivity contribution in [1.29, 1.82) is 0 Å². The van der Waals surface area contributed by atoms with Crippen LogP contribution in [0, 0.1) is 10.1 Å². The number of phenolic OH excluding ortho intramolecular Hbond substituents is 1. The molecule has 3 rings (SSSR count). The number of nitrogens with zero attached hydrogens (tertiary/aromatic N) is 1. The van der Waals surface area contributed by atoms with E-state index in [1.165, 1.54) is 36.4 Å². The highest BCUT2D eigenvalue weighted by molar-refractivity contribution is 5.97. The molecule has 10 heteroatoms. The highest BCUT2D eigenvalue weighted by Gasteiger charge is 2.23. The predicted octanol–water partition coefficient (Wildman–Crippen LogP) is 2.26. The molecule has 2 aromatic carbocycles. The molecule has 0 unspecified atom stereocenters. The number of hydrogen-bond donors (Lipinski definition) is 2. The van der Waals surface area contributed by atoms with Crippen LogP contribution >= 0.6 is 0 Å². The summed E-state index contributed by atoms with van der Waals surface area (Å²) in [5, 5.41) is 22.9. The maximum atomic E-state index is 12.1. The zero-order valence-corrected chi connectivity index (χ0v) is 14.5. The molecule has 1 amide bonds. The number of anilines is 1. The average Bonchev–Trinajstić information content (AvgIpc) is 2.90. The molecule has 10 nitrogen and oxygen atoms in total. The third-order valence-electron chi connectivity index (χ3n) is 3.77. The summed E-state index contributed by atoms with van der Waals surface area (Å²) in [5.41, 5.74) is -0.324. The first kappa shape index (κ1) is 19.0. The topological polar surface area (TPSA) is 137 Å². The van der Waals surface area contributed by atoms with Crippen molar-refractivity contribution >= 4 is 23.3 Å². The summed E-state index contributed by atoms with van der Waals surface area (Å²) in [6, 6.07) is 7.77. The van der Waals surface area contributed by atoms with Gasteiger partial charge in [0.05, 0.1) is 29.8 Å². The Hall–Kier alpha value is -3.82. The normalized spacial score (nSPS) is 12.6. The molecule has 0 saturated carbocycles. The van der Waals surface area contributed by atoms with Gasteiger partial charge in [-0.3, -0.25) is 14.9 Å². The maximum absolute atomic E-state index is 12.1. The summed E-state index contributed by atoms with van der Waals surface area (Å²) < 4.78 is 15.7. The first-order chi connectivity index (χ1) is 13.4. The van der Waals surface area contributed by atoms with Crippen LogP contribution in [0.1, 0.15) is 16.8 Å². The van der Waals surface area contributed by atoms with Gasteiger partial charge in [0.1, 0.15) is 11.4 Å². The van der Waals surface area contributed by atoms with E-state index >= 15 is 0 Å². The molecule has 2 N–H and O–H groups in total. The minimum absolute atomic E-state index is 0.0176. The molecule has 146 valence electrons. The highest BCUT2D eigenvalue weighted by Crippen LogP contribution is 2.39. The Bertz CT molecular complexity index is 911. The van der Waals surface area contributed by atoms with Crippen LogP contribution in [0.25, 0.3) is 0 Å². The van der Waals surface area contributed by atoms with Crippen LogP contribution in [0.2, 0.25) is 0 Å². The Morgan fingerprint density at radius 2 is 1.79 bits per heavy atom. The second-order valence-electron chi connectivity index (χ2n) is 5.79. The highest BCUT2D eigenvalue weighted by atomic mass is 16.6. The van der Waals surface area contributed by atoms with Crippen LogP contribution in [0.5, 0.6) is 17.2 Å².